The van der Waals surface area contributed by atoms with E-state index < -0.39 is 0 Å². The van der Waals surface area contributed by atoms with Gasteiger partial charge in [-0.25, -0.2) is 0 Å². The van der Waals surface area contributed by atoms with E-state index >= 15 is 0 Å². The summed E-state index contributed by atoms with van der Waals surface area (Å²) in [6, 6.07) is 7.68. The van der Waals surface area contributed by atoms with E-state index in [9.17, 15) is 4.79 Å². The molecule has 4 nitrogen and oxygen atoms in total. The van der Waals surface area contributed by atoms with Crippen molar-refractivity contribution in [3.63, 3.8) is 0 Å². The lowest BCUT2D eigenvalue weighted by molar-refractivity contribution is -0.121. The molecule has 0 heterocycles. The lowest BCUT2D eigenvalue weighted by Gasteiger charge is -2.36. The van der Waals surface area contributed by atoms with Gasteiger partial charge >= 0.3 is 0 Å². The van der Waals surface area contributed by atoms with Crippen LogP contribution in [0.1, 0.15) is 31.2 Å². The molecule has 116 valence electrons. The summed E-state index contributed by atoms with van der Waals surface area (Å²) in [6.45, 7) is 0.730. The lowest BCUT2D eigenvalue weighted by Crippen LogP contribution is -2.51. The van der Waals surface area contributed by atoms with E-state index in [1.54, 1.807) is 7.11 Å². The predicted molar refractivity (Wildman–Crippen MR) is 84.6 cm³/mol. The number of benzene rings is 1. The molecule has 0 aliphatic heterocycles. The largest absolute Gasteiger partial charge is 0.496 e. The second kappa shape index (κ2) is 6.94. The van der Waals surface area contributed by atoms with Crippen LogP contribution in [0.5, 0.6) is 5.75 Å². The monoisotopic (exact) mass is 290 g/mol. The molecule has 1 aliphatic rings. The quantitative estimate of drug-likeness (QED) is 0.873. The Labute approximate surface area is 127 Å². The first-order valence-electron chi connectivity index (χ1n) is 7.63. The molecule has 0 aromatic heterocycles. The molecule has 1 amide bonds. The minimum absolute atomic E-state index is 0.0626. The van der Waals surface area contributed by atoms with Crippen molar-refractivity contribution in [2.75, 3.05) is 27.7 Å². The summed E-state index contributed by atoms with van der Waals surface area (Å²) >= 11 is 0. The minimum atomic E-state index is 0.0626. The van der Waals surface area contributed by atoms with Crippen LogP contribution in [0, 0.1) is 0 Å². The molecule has 1 N–H and O–H groups in total. The van der Waals surface area contributed by atoms with Crippen LogP contribution in [0.4, 0.5) is 0 Å². The first-order valence-corrected chi connectivity index (χ1v) is 7.63. The van der Waals surface area contributed by atoms with Gasteiger partial charge in [-0.3, -0.25) is 4.79 Å². The van der Waals surface area contributed by atoms with Crippen molar-refractivity contribution in [3.05, 3.63) is 29.8 Å². The number of carbonyl (C=O) groups excluding carboxylic acids is 1. The third-order valence-corrected chi connectivity index (χ3v) is 4.64. The number of methoxy groups -OCH3 is 1. The number of rotatable bonds is 6. The van der Waals surface area contributed by atoms with Crippen LogP contribution in [0.3, 0.4) is 0 Å². The SMILES string of the molecule is COc1ccccc1CC(=O)NCC1(N(C)C)CCCC1. The third kappa shape index (κ3) is 3.76. The van der Waals surface area contributed by atoms with E-state index in [2.05, 4.69) is 24.3 Å². The van der Waals surface area contributed by atoms with E-state index in [1.165, 1.54) is 12.8 Å². The lowest BCUT2D eigenvalue weighted by atomic mass is 9.96. The van der Waals surface area contributed by atoms with Crippen molar-refractivity contribution in [1.29, 1.82) is 0 Å². The normalized spacial score (nSPS) is 17.0. The van der Waals surface area contributed by atoms with Gasteiger partial charge in [0.15, 0.2) is 0 Å². The van der Waals surface area contributed by atoms with Crippen molar-refractivity contribution in [2.24, 2.45) is 0 Å². The molecule has 1 aromatic rings. The molecule has 1 aromatic carbocycles. The molecule has 0 atom stereocenters. The van der Waals surface area contributed by atoms with Gasteiger partial charge in [0.25, 0.3) is 0 Å². The summed E-state index contributed by atoms with van der Waals surface area (Å²) in [5, 5.41) is 3.11. The molecule has 1 aliphatic carbocycles. The molecule has 2 rings (SSSR count). The van der Waals surface area contributed by atoms with Crippen molar-refractivity contribution >= 4 is 5.91 Å². The zero-order chi connectivity index (χ0) is 15.3. The minimum Gasteiger partial charge on any atom is -0.496 e. The molecule has 0 bridgehead atoms. The first-order chi connectivity index (χ1) is 10.1. The topological polar surface area (TPSA) is 41.6 Å². The molecule has 0 unspecified atom stereocenters. The van der Waals surface area contributed by atoms with Crippen molar-refractivity contribution in [1.82, 2.24) is 10.2 Å². The zero-order valence-electron chi connectivity index (χ0n) is 13.3. The van der Waals surface area contributed by atoms with E-state index in [0.717, 1.165) is 30.7 Å². The second-order valence-electron chi connectivity index (χ2n) is 6.09. The van der Waals surface area contributed by atoms with Crippen LogP contribution in [0.25, 0.3) is 0 Å². The Morgan fingerprint density at radius 2 is 1.95 bits per heavy atom. The Bertz CT molecular complexity index is 479. The van der Waals surface area contributed by atoms with Crippen molar-refractivity contribution in [3.8, 4) is 5.75 Å². The summed E-state index contributed by atoms with van der Waals surface area (Å²) in [4.78, 5) is 14.5. The number of nitrogens with one attached hydrogen (secondary N) is 1. The van der Waals surface area contributed by atoms with Crippen LogP contribution < -0.4 is 10.1 Å². The summed E-state index contributed by atoms with van der Waals surface area (Å²) in [5.74, 6) is 0.837. The third-order valence-electron chi connectivity index (χ3n) is 4.64. The van der Waals surface area contributed by atoms with Gasteiger partial charge in [-0.2, -0.15) is 0 Å². The highest BCUT2D eigenvalue weighted by molar-refractivity contribution is 5.79. The fourth-order valence-electron chi connectivity index (χ4n) is 3.16. The van der Waals surface area contributed by atoms with Gasteiger partial charge in [-0.1, -0.05) is 31.0 Å². The van der Waals surface area contributed by atoms with Gasteiger partial charge in [-0.15, -0.1) is 0 Å². The number of hydrogen-bond acceptors (Lipinski definition) is 3. The molecule has 4 heteroatoms. The van der Waals surface area contributed by atoms with Gasteiger partial charge in [0.1, 0.15) is 5.75 Å². The molecule has 0 radical (unpaired) electrons. The maximum Gasteiger partial charge on any atom is 0.224 e. The van der Waals surface area contributed by atoms with E-state index in [0.29, 0.717) is 6.42 Å². The van der Waals surface area contributed by atoms with Gasteiger partial charge in [0, 0.05) is 17.6 Å². The fraction of sp³-hybridized carbons (Fsp3) is 0.588. The van der Waals surface area contributed by atoms with E-state index in [1.807, 2.05) is 24.3 Å². The number of carbonyl (C=O) groups is 1. The van der Waals surface area contributed by atoms with E-state index in [4.69, 9.17) is 4.74 Å². The maximum atomic E-state index is 12.2. The Balaban J connectivity index is 1.93. The molecule has 0 saturated heterocycles. The number of hydrogen-bond donors (Lipinski definition) is 1. The van der Waals surface area contributed by atoms with Crippen molar-refractivity contribution in [2.45, 2.75) is 37.6 Å². The van der Waals surface area contributed by atoms with Crippen LogP contribution in [-0.4, -0.2) is 44.1 Å². The second-order valence-corrected chi connectivity index (χ2v) is 6.09. The first kappa shape index (κ1) is 15.8. The summed E-state index contributed by atoms with van der Waals surface area (Å²) in [5.41, 5.74) is 1.07. The fourth-order valence-corrected chi connectivity index (χ4v) is 3.16. The van der Waals surface area contributed by atoms with Gasteiger partial charge in [0.2, 0.25) is 5.91 Å². The Hall–Kier alpha value is -1.55. The van der Waals surface area contributed by atoms with Crippen LogP contribution in [0.15, 0.2) is 24.3 Å². The molecular weight excluding hydrogens is 264 g/mol. The Morgan fingerprint density at radius 1 is 1.29 bits per heavy atom. The number of nitrogens with zero attached hydrogens (tertiary/aromatic N) is 1. The average molecular weight is 290 g/mol. The Morgan fingerprint density at radius 3 is 2.57 bits per heavy atom. The summed E-state index contributed by atoms with van der Waals surface area (Å²) in [7, 11) is 5.85. The molecular formula is C17H26N2O2. The number of para-hydroxylation sites is 1. The molecule has 21 heavy (non-hydrogen) atoms. The smallest absolute Gasteiger partial charge is 0.224 e. The number of ether oxygens (including phenoxy) is 1. The van der Waals surface area contributed by atoms with Gasteiger partial charge in [-0.05, 0) is 33.0 Å². The highest BCUT2D eigenvalue weighted by Crippen LogP contribution is 2.33. The van der Waals surface area contributed by atoms with Crippen LogP contribution in [0.2, 0.25) is 0 Å². The summed E-state index contributed by atoms with van der Waals surface area (Å²) in [6.07, 6.45) is 5.19. The highest BCUT2D eigenvalue weighted by atomic mass is 16.5. The molecule has 0 spiro atoms. The average Bonchev–Trinajstić information content (AvgIpc) is 2.96. The van der Waals surface area contributed by atoms with Crippen LogP contribution >= 0.6 is 0 Å². The summed E-state index contributed by atoms with van der Waals surface area (Å²) < 4.78 is 5.29. The predicted octanol–water partition coefficient (Wildman–Crippen LogP) is 2.23. The maximum absolute atomic E-state index is 12.2. The van der Waals surface area contributed by atoms with Gasteiger partial charge < -0.3 is 15.0 Å². The molecule has 1 saturated carbocycles. The Kier molecular flexibility index (Phi) is 5.23. The number of amides is 1. The van der Waals surface area contributed by atoms with Gasteiger partial charge in [0.05, 0.1) is 13.5 Å². The van der Waals surface area contributed by atoms with Crippen molar-refractivity contribution < 1.29 is 9.53 Å². The highest BCUT2D eigenvalue weighted by Gasteiger charge is 2.36. The number of likely N-dealkylation sites (N-methyl/N-ethyl adjacent to an activating group) is 1. The van der Waals surface area contributed by atoms with E-state index in [-0.39, 0.29) is 11.4 Å². The molecule has 1 fully saturated rings. The standard InChI is InChI=1S/C17H26N2O2/c1-19(2)17(10-6-7-11-17)13-18-16(20)12-14-8-4-5-9-15(14)21-3/h4-5,8-9H,6-7,10-13H2,1-3H3,(H,18,20). The zero-order valence-corrected chi connectivity index (χ0v) is 13.3. The van der Waals surface area contributed by atoms with Crippen LogP contribution in [-0.2, 0) is 11.2 Å².